The first-order valence-corrected chi connectivity index (χ1v) is 6.46. The fourth-order valence-electron chi connectivity index (χ4n) is 2.18. The van der Waals surface area contributed by atoms with Crippen molar-refractivity contribution in [2.45, 2.75) is 45.1 Å². The van der Waals surface area contributed by atoms with Crippen LogP contribution in [0.25, 0.3) is 0 Å². The molecule has 1 N–H and O–H groups in total. The lowest BCUT2D eigenvalue weighted by Crippen LogP contribution is -2.31. The van der Waals surface area contributed by atoms with E-state index in [-0.39, 0.29) is 0 Å². The minimum Gasteiger partial charge on any atom is -0.393 e. The second kappa shape index (κ2) is 6.12. The minimum atomic E-state index is -0.414. The molecule has 0 bridgehead atoms. The fraction of sp³-hybridized carbons (Fsp3) is 0.833. The molecule has 0 aliphatic carbocycles. The summed E-state index contributed by atoms with van der Waals surface area (Å²) in [5, 5.41) is 13.1. The van der Waals surface area contributed by atoms with E-state index in [9.17, 15) is 5.11 Å². The Morgan fingerprint density at radius 2 is 2.12 bits per heavy atom. The van der Waals surface area contributed by atoms with Gasteiger partial charge < -0.3 is 14.5 Å². The Kier molecular flexibility index (Phi) is 4.50. The molecule has 0 radical (unpaired) electrons. The summed E-state index contributed by atoms with van der Waals surface area (Å²) in [6, 6.07) is 0. The Morgan fingerprint density at radius 1 is 1.35 bits per heavy atom. The van der Waals surface area contributed by atoms with Crippen LogP contribution in [0, 0.1) is 0 Å². The molecule has 0 aromatic carbocycles. The van der Waals surface area contributed by atoms with Gasteiger partial charge in [-0.05, 0) is 32.9 Å². The van der Waals surface area contributed by atoms with Crippen LogP contribution in [-0.2, 0) is 12.8 Å². The molecule has 0 spiro atoms. The highest BCUT2D eigenvalue weighted by Crippen LogP contribution is 2.09. The van der Waals surface area contributed by atoms with Crippen LogP contribution in [0.5, 0.6) is 0 Å². The highest BCUT2D eigenvalue weighted by atomic mass is 16.5. The van der Waals surface area contributed by atoms with Crippen molar-refractivity contribution in [3.05, 3.63) is 11.7 Å². The van der Waals surface area contributed by atoms with E-state index >= 15 is 0 Å². The summed E-state index contributed by atoms with van der Waals surface area (Å²) in [6.45, 7) is 5.10. The molecule has 1 aromatic heterocycles. The lowest BCUT2D eigenvalue weighted by molar-refractivity contribution is 0.191. The summed E-state index contributed by atoms with van der Waals surface area (Å²) in [7, 11) is 0. The summed E-state index contributed by atoms with van der Waals surface area (Å²) in [5.74, 6) is 1.29. The largest absolute Gasteiger partial charge is 0.393 e. The van der Waals surface area contributed by atoms with Gasteiger partial charge in [0.2, 0.25) is 5.89 Å². The van der Waals surface area contributed by atoms with Crippen molar-refractivity contribution in [1.29, 1.82) is 0 Å². The smallest absolute Gasteiger partial charge is 0.227 e. The number of hydrogen-bond donors (Lipinski definition) is 1. The quantitative estimate of drug-likeness (QED) is 0.831. The number of rotatable bonds is 5. The van der Waals surface area contributed by atoms with Crippen LogP contribution in [0.3, 0.4) is 0 Å². The molecule has 2 heterocycles. The zero-order chi connectivity index (χ0) is 12.1. The molecule has 1 saturated heterocycles. The Balaban J connectivity index is 1.76. The van der Waals surface area contributed by atoms with E-state index in [0.717, 1.165) is 13.0 Å². The molecular formula is C12H21N3O2. The summed E-state index contributed by atoms with van der Waals surface area (Å²) >= 11 is 0. The maximum Gasteiger partial charge on any atom is 0.227 e. The van der Waals surface area contributed by atoms with Gasteiger partial charge in [-0.15, -0.1) is 0 Å². The molecule has 96 valence electrons. The molecule has 2 rings (SSSR count). The van der Waals surface area contributed by atoms with Gasteiger partial charge in [0.15, 0.2) is 5.82 Å². The summed E-state index contributed by atoms with van der Waals surface area (Å²) in [6.07, 6.45) is 4.83. The van der Waals surface area contributed by atoms with Crippen LogP contribution >= 0.6 is 0 Å². The van der Waals surface area contributed by atoms with E-state index in [0.29, 0.717) is 18.1 Å². The minimum absolute atomic E-state index is 0.414. The number of aromatic nitrogens is 2. The third kappa shape index (κ3) is 4.09. The van der Waals surface area contributed by atoms with E-state index < -0.39 is 6.10 Å². The number of likely N-dealkylation sites (tertiary alicyclic amines) is 1. The van der Waals surface area contributed by atoms with Gasteiger partial charge in [-0.3, -0.25) is 0 Å². The number of piperidine rings is 1. The molecule has 17 heavy (non-hydrogen) atoms. The van der Waals surface area contributed by atoms with Crippen LogP contribution in [0.2, 0.25) is 0 Å². The van der Waals surface area contributed by atoms with Crippen LogP contribution in [-0.4, -0.2) is 45.9 Å². The Hall–Kier alpha value is -0.940. The van der Waals surface area contributed by atoms with Gasteiger partial charge in [0, 0.05) is 19.4 Å². The van der Waals surface area contributed by atoms with Crippen LogP contribution in [0.15, 0.2) is 4.52 Å². The predicted octanol–water partition coefficient (Wildman–Crippen LogP) is 1.02. The molecule has 5 nitrogen and oxygen atoms in total. The fourth-order valence-corrected chi connectivity index (χ4v) is 2.18. The summed E-state index contributed by atoms with van der Waals surface area (Å²) in [5.41, 5.74) is 0. The maximum atomic E-state index is 9.22. The normalized spacial score (nSPS) is 19.4. The van der Waals surface area contributed by atoms with E-state index in [2.05, 4.69) is 15.0 Å². The molecule has 1 unspecified atom stereocenters. The van der Waals surface area contributed by atoms with Crippen molar-refractivity contribution in [1.82, 2.24) is 15.0 Å². The summed E-state index contributed by atoms with van der Waals surface area (Å²) in [4.78, 5) is 6.72. The van der Waals surface area contributed by atoms with Crippen molar-refractivity contribution in [2.75, 3.05) is 19.6 Å². The predicted molar refractivity (Wildman–Crippen MR) is 63.7 cm³/mol. The molecular weight excluding hydrogens is 218 g/mol. The molecule has 1 fully saturated rings. The van der Waals surface area contributed by atoms with Crippen molar-refractivity contribution >= 4 is 0 Å². The lowest BCUT2D eigenvalue weighted by atomic mass is 10.1. The van der Waals surface area contributed by atoms with Gasteiger partial charge >= 0.3 is 0 Å². The van der Waals surface area contributed by atoms with E-state index in [1.54, 1.807) is 6.92 Å². The number of nitrogens with zero attached hydrogens (tertiary/aromatic N) is 3. The van der Waals surface area contributed by atoms with Gasteiger partial charge in [-0.2, -0.15) is 4.98 Å². The standard InChI is InChI=1S/C12H21N3O2/c1-10(16)9-11-13-12(17-14-11)5-8-15-6-3-2-4-7-15/h10,16H,2-9H2,1H3. The van der Waals surface area contributed by atoms with Gasteiger partial charge in [0.1, 0.15) is 0 Å². The van der Waals surface area contributed by atoms with Crippen LogP contribution in [0.4, 0.5) is 0 Å². The van der Waals surface area contributed by atoms with E-state index in [4.69, 9.17) is 4.52 Å². The van der Waals surface area contributed by atoms with Crippen molar-refractivity contribution < 1.29 is 9.63 Å². The zero-order valence-electron chi connectivity index (χ0n) is 10.4. The van der Waals surface area contributed by atoms with Crippen molar-refractivity contribution in [3.63, 3.8) is 0 Å². The van der Waals surface area contributed by atoms with E-state index in [1.165, 1.54) is 32.4 Å². The Bertz CT molecular complexity index is 332. The average molecular weight is 239 g/mol. The first kappa shape index (κ1) is 12.5. The monoisotopic (exact) mass is 239 g/mol. The van der Waals surface area contributed by atoms with Gasteiger partial charge in [0.05, 0.1) is 6.10 Å². The molecule has 1 aromatic rings. The van der Waals surface area contributed by atoms with Gasteiger partial charge in [0.25, 0.3) is 0 Å². The van der Waals surface area contributed by atoms with E-state index in [1.807, 2.05) is 0 Å². The maximum absolute atomic E-state index is 9.22. The highest BCUT2D eigenvalue weighted by molar-refractivity contribution is 4.88. The van der Waals surface area contributed by atoms with Gasteiger partial charge in [-0.25, -0.2) is 0 Å². The second-order valence-corrected chi connectivity index (χ2v) is 4.81. The second-order valence-electron chi connectivity index (χ2n) is 4.81. The molecule has 0 saturated carbocycles. The topological polar surface area (TPSA) is 62.4 Å². The Morgan fingerprint density at radius 3 is 2.82 bits per heavy atom. The van der Waals surface area contributed by atoms with Crippen LogP contribution in [0.1, 0.15) is 37.9 Å². The first-order valence-electron chi connectivity index (χ1n) is 6.46. The SMILES string of the molecule is CC(O)Cc1noc(CCN2CCCCC2)n1. The number of hydrogen-bond acceptors (Lipinski definition) is 5. The molecule has 5 heteroatoms. The van der Waals surface area contributed by atoms with Crippen LogP contribution < -0.4 is 0 Å². The summed E-state index contributed by atoms with van der Waals surface area (Å²) < 4.78 is 5.16. The third-order valence-corrected chi connectivity index (χ3v) is 3.08. The zero-order valence-corrected chi connectivity index (χ0v) is 10.4. The molecule has 1 aliphatic rings. The number of aliphatic hydroxyl groups excluding tert-OH is 1. The Labute approximate surface area is 102 Å². The number of aliphatic hydroxyl groups is 1. The van der Waals surface area contributed by atoms with Crippen molar-refractivity contribution in [2.24, 2.45) is 0 Å². The first-order chi connectivity index (χ1) is 8.24. The lowest BCUT2D eigenvalue weighted by Gasteiger charge is -2.25. The highest BCUT2D eigenvalue weighted by Gasteiger charge is 2.13. The molecule has 1 aliphatic heterocycles. The molecule has 1 atom stereocenters. The van der Waals surface area contributed by atoms with Crippen molar-refractivity contribution in [3.8, 4) is 0 Å². The average Bonchev–Trinajstić information content (AvgIpc) is 2.75. The third-order valence-electron chi connectivity index (χ3n) is 3.08. The van der Waals surface area contributed by atoms with Gasteiger partial charge in [-0.1, -0.05) is 11.6 Å². The molecule has 0 amide bonds.